The lowest BCUT2D eigenvalue weighted by Gasteiger charge is -2.10. The van der Waals surface area contributed by atoms with Gasteiger partial charge >= 0.3 is 0 Å². The average Bonchev–Trinajstić information content (AvgIpc) is 2.45. The van der Waals surface area contributed by atoms with Gasteiger partial charge in [-0.2, -0.15) is 0 Å². The summed E-state index contributed by atoms with van der Waals surface area (Å²) in [7, 11) is -3.63. The smallest absolute Gasteiger partial charge is 0.241 e. The molecule has 0 spiro atoms. The monoisotopic (exact) mass is 373 g/mol. The predicted octanol–water partition coefficient (Wildman–Crippen LogP) is 2.95. The molecule has 0 unspecified atom stereocenters. The maximum atomic E-state index is 13.3. The van der Waals surface area contributed by atoms with Crippen molar-refractivity contribution >= 4 is 26.0 Å². The summed E-state index contributed by atoms with van der Waals surface area (Å²) in [5.41, 5.74) is 0. The molecule has 1 N–H and O–H groups in total. The highest BCUT2D eigenvalue weighted by molar-refractivity contribution is 9.10. The van der Waals surface area contributed by atoms with Crippen LogP contribution in [0.5, 0.6) is 5.75 Å². The number of halogens is 2. The molecule has 2 aromatic rings. The van der Waals surface area contributed by atoms with Gasteiger partial charge in [0, 0.05) is 11.0 Å². The highest BCUT2D eigenvalue weighted by Gasteiger charge is 2.16. The molecule has 0 aliphatic rings. The van der Waals surface area contributed by atoms with E-state index in [1.165, 1.54) is 18.2 Å². The third kappa shape index (κ3) is 4.26. The van der Waals surface area contributed by atoms with Crippen molar-refractivity contribution < 1.29 is 17.5 Å². The molecule has 0 aromatic heterocycles. The van der Waals surface area contributed by atoms with E-state index in [0.29, 0.717) is 4.47 Å². The highest BCUT2D eigenvalue weighted by atomic mass is 79.9. The van der Waals surface area contributed by atoms with Crippen LogP contribution in [0.1, 0.15) is 0 Å². The van der Waals surface area contributed by atoms with Gasteiger partial charge in [0.15, 0.2) is 11.6 Å². The maximum Gasteiger partial charge on any atom is 0.241 e. The molecule has 2 rings (SSSR count). The first-order valence-electron chi connectivity index (χ1n) is 6.12. The second kappa shape index (κ2) is 7.02. The van der Waals surface area contributed by atoms with Gasteiger partial charge in [0.1, 0.15) is 6.61 Å². The Morgan fingerprint density at radius 3 is 2.48 bits per heavy atom. The first-order valence-corrected chi connectivity index (χ1v) is 8.40. The Morgan fingerprint density at radius 2 is 1.76 bits per heavy atom. The van der Waals surface area contributed by atoms with E-state index < -0.39 is 15.8 Å². The fraction of sp³-hybridized carbons (Fsp3) is 0.143. The van der Waals surface area contributed by atoms with Gasteiger partial charge in [0.05, 0.1) is 4.90 Å². The van der Waals surface area contributed by atoms with E-state index in [4.69, 9.17) is 4.74 Å². The van der Waals surface area contributed by atoms with Crippen molar-refractivity contribution in [1.82, 2.24) is 4.72 Å². The third-order valence-electron chi connectivity index (χ3n) is 2.61. The molecule has 0 saturated carbocycles. The normalized spacial score (nSPS) is 11.3. The van der Waals surface area contributed by atoms with E-state index in [-0.39, 0.29) is 23.8 Å². The predicted molar refractivity (Wildman–Crippen MR) is 81.2 cm³/mol. The van der Waals surface area contributed by atoms with E-state index in [1.807, 2.05) is 0 Å². The molecule has 4 nitrogen and oxygen atoms in total. The minimum atomic E-state index is -3.63. The van der Waals surface area contributed by atoms with Crippen molar-refractivity contribution in [3.63, 3.8) is 0 Å². The number of para-hydroxylation sites is 1. The molecule has 0 amide bonds. The maximum absolute atomic E-state index is 13.3. The van der Waals surface area contributed by atoms with Crippen molar-refractivity contribution in [3.05, 3.63) is 58.8 Å². The van der Waals surface area contributed by atoms with Crippen LogP contribution in [0.25, 0.3) is 0 Å². The summed E-state index contributed by atoms with van der Waals surface area (Å²) in [5, 5.41) is 0. The van der Waals surface area contributed by atoms with Crippen LogP contribution in [0.15, 0.2) is 57.9 Å². The molecule has 0 aliphatic carbocycles. The molecule has 112 valence electrons. The van der Waals surface area contributed by atoms with Gasteiger partial charge in [-0.05, 0) is 40.2 Å². The SMILES string of the molecule is O=S(=O)(NCCOc1ccccc1F)c1ccccc1Br. The van der Waals surface area contributed by atoms with Crippen molar-refractivity contribution in [2.45, 2.75) is 4.90 Å². The minimum absolute atomic E-state index is 0.0324. The van der Waals surface area contributed by atoms with Gasteiger partial charge in [-0.1, -0.05) is 24.3 Å². The van der Waals surface area contributed by atoms with Gasteiger partial charge in [-0.15, -0.1) is 0 Å². The highest BCUT2D eigenvalue weighted by Crippen LogP contribution is 2.20. The first kappa shape index (κ1) is 15.9. The zero-order chi connectivity index (χ0) is 15.3. The fourth-order valence-corrected chi connectivity index (χ4v) is 3.65. The molecule has 0 bridgehead atoms. The second-order valence-electron chi connectivity index (χ2n) is 4.11. The number of benzene rings is 2. The van der Waals surface area contributed by atoms with Crippen molar-refractivity contribution in [3.8, 4) is 5.75 Å². The van der Waals surface area contributed by atoms with E-state index >= 15 is 0 Å². The Kier molecular flexibility index (Phi) is 5.33. The number of sulfonamides is 1. The van der Waals surface area contributed by atoms with Crippen molar-refractivity contribution in [2.24, 2.45) is 0 Å². The molecule has 0 heterocycles. The largest absolute Gasteiger partial charge is 0.489 e. The topological polar surface area (TPSA) is 55.4 Å². The van der Waals surface area contributed by atoms with Crippen LogP contribution in [0.4, 0.5) is 4.39 Å². The Hall–Kier alpha value is -1.44. The fourth-order valence-electron chi connectivity index (χ4n) is 1.64. The quantitative estimate of drug-likeness (QED) is 0.792. The number of hydrogen-bond donors (Lipinski definition) is 1. The molecule has 21 heavy (non-hydrogen) atoms. The average molecular weight is 374 g/mol. The van der Waals surface area contributed by atoms with E-state index in [9.17, 15) is 12.8 Å². The molecule has 0 atom stereocenters. The number of hydrogen-bond acceptors (Lipinski definition) is 3. The van der Waals surface area contributed by atoms with E-state index in [0.717, 1.165) is 0 Å². The van der Waals surface area contributed by atoms with Crippen LogP contribution < -0.4 is 9.46 Å². The molecular weight excluding hydrogens is 361 g/mol. The van der Waals surface area contributed by atoms with E-state index in [2.05, 4.69) is 20.7 Å². The van der Waals surface area contributed by atoms with Gasteiger partial charge in [0.25, 0.3) is 0 Å². The summed E-state index contributed by atoms with van der Waals surface area (Å²) in [6.45, 7) is 0.0720. The van der Waals surface area contributed by atoms with Crippen LogP contribution >= 0.6 is 15.9 Å². The van der Waals surface area contributed by atoms with Gasteiger partial charge in [-0.3, -0.25) is 0 Å². The molecule has 0 aliphatic heterocycles. The number of nitrogens with one attached hydrogen (secondary N) is 1. The molecular formula is C14H13BrFNO3S. The summed E-state index contributed by atoms with van der Waals surface area (Å²) in [4.78, 5) is 0.149. The lowest BCUT2D eigenvalue weighted by atomic mass is 10.3. The lowest BCUT2D eigenvalue weighted by Crippen LogP contribution is -2.28. The van der Waals surface area contributed by atoms with Gasteiger partial charge < -0.3 is 4.74 Å². The summed E-state index contributed by atoms with van der Waals surface area (Å²) in [6.07, 6.45) is 0. The summed E-state index contributed by atoms with van der Waals surface area (Å²) in [6, 6.07) is 12.5. The standard InChI is InChI=1S/C14H13BrFNO3S/c15-11-5-1-4-8-14(11)21(18,19)17-9-10-20-13-7-3-2-6-12(13)16/h1-8,17H,9-10H2. The van der Waals surface area contributed by atoms with Gasteiger partial charge in [-0.25, -0.2) is 17.5 Å². The Balaban J connectivity index is 1.92. The van der Waals surface area contributed by atoms with Crippen LogP contribution in [0.2, 0.25) is 0 Å². The van der Waals surface area contributed by atoms with E-state index in [1.54, 1.807) is 30.3 Å². The third-order valence-corrected chi connectivity index (χ3v) is 5.09. The summed E-state index contributed by atoms with van der Waals surface area (Å²) < 4.78 is 45.5. The Bertz CT molecular complexity index is 722. The molecule has 7 heteroatoms. The first-order chi connectivity index (χ1) is 10.0. The van der Waals surface area contributed by atoms with Crippen molar-refractivity contribution in [1.29, 1.82) is 0 Å². The Morgan fingerprint density at radius 1 is 1.10 bits per heavy atom. The van der Waals surface area contributed by atoms with Crippen LogP contribution in [-0.4, -0.2) is 21.6 Å². The van der Waals surface area contributed by atoms with Crippen LogP contribution in [0, 0.1) is 5.82 Å². The van der Waals surface area contributed by atoms with Crippen LogP contribution in [0.3, 0.4) is 0 Å². The second-order valence-corrected chi connectivity index (χ2v) is 6.70. The minimum Gasteiger partial charge on any atom is -0.489 e. The zero-order valence-electron chi connectivity index (χ0n) is 10.9. The molecule has 0 saturated heterocycles. The molecule has 2 aromatic carbocycles. The number of ether oxygens (including phenoxy) is 1. The van der Waals surface area contributed by atoms with Crippen molar-refractivity contribution in [2.75, 3.05) is 13.2 Å². The number of rotatable bonds is 6. The summed E-state index contributed by atoms with van der Waals surface area (Å²) >= 11 is 3.19. The molecule has 0 radical (unpaired) electrons. The van der Waals surface area contributed by atoms with Gasteiger partial charge in [0.2, 0.25) is 10.0 Å². The lowest BCUT2D eigenvalue weighted by molar-refractivity contribution is 0.306. The van der Waals surface area contributed by atoms with Crippen LogP contribution in [-0.2, 0) is 10.0 Å². The summed E-state index contributed by atoms with van der Waals surface area (Å²) in [5.74, 6) is -0.385. The zero-order valence-corrected chi connectivity index (χ0v) is 13.3. The molecule has 0 fully saturated rings. The Labute approximate surface area is 131 Å².